The summed E-state index contributed by atoms with van der Waals surface area (Å²) in [6.07, 6.45) is 0. The highest BCUT2D eigenvalue weighted by Gasteiger charge is 2.15. The number of carbonyl (C=O) groups excluding carboxylic acids is 1. The molecule has 2 heteroatoms. The fourth-order valence-electron chi connectivity index (χ4n) is 2.08. The van der Waals surface area contributed by atoms with Gasteiger partial charge in [-0.25, -0.2) is 4.79 Å². The van der Waals surface area contributed by atoms with E-state index in [1.807, 2.05) is 55.5 Å². The van der Waals surface area contributed by atoms with Crippen molar-refractivity contribution in [3.63, 3.8) is 0 Å². The van der Waals surface area contributed by atoms with Gasteiger partial charge in [0.2, 0.25) is 0 Å². The summed E-state index contributed by atoms with van der Waals surface area (Å²) in [5.74, 6) is -0.342. The summed E-state index contributed by atoms with van der Waals surface area (Å²) in [6, 6.07) is 15.3. The van der Waals surface area contributed by atoms with Crippen LogP contribution in [0.15, 0.2) is 48.5 Å². The maximum atomic E-state index is 12.1. The minimum Gasteiger partial charge on any atom is -0.465 e. The van der Waals surface area contributed by atoms with Crippen LogP contribution in [0.25, 0.3) is 12.2 Å². The van der Waals surface area contributed by atoms with Gasteiger partial charge < -0.3 is 4.74 Å². The molecule has 0 spiro atoms. The number of hydrogen-bond acceptors (Lipinski definition) is 2. The van der Waals surface area contributed by atoms with Crippen LogP contribution in [0.3, 0.4) is 0 Å². The van der Waals surface area contributed by atoms with Crippen molar-refractivity contribution in [1.82, 2.24) is 0 Å². The molecule has 0 aliphatic carbocycles. The lowest BCUT2D eigenvalue weighted by Gasteiger charge is -2.09. The molecule has 0 amide bonds. The predicted molar refractivity (Wildman–Crippen MR) is 76.9 cm³/mol. The summed E-state index contributed by atoms with van der Waals surface area (Å²) < 4.78 is 4.93. The van der Waals surface area contributed by atoms with Gasteiger partial charge >= 0.3 is 5.97 Å². The monoisotopic (exact) mass is 252 g/mol. The molecule has 0 saturated heterocycles. The Balaban J connectivity index is 2.88. The van der Waals surface area contributed by atoms with Gasteiger partial charge in [0.25, 0.3) is 0 Å². The van der Waals surface area contributed by atoms with Crippen LogP contribution in [0, 0.1) is 6.92 Å². The van der Waals surface area contributed by atoms with Crippen molar-refractivity contribution in [2.24, 2.45) is 0 Å². The topological polar surface area (TPSA) is 26.3 Å². The molecule has 2 aromatic rings. The fraction of sp³-hybridized carbons (Fsp3) is 0.118. The van der Waals surface area contributed by atoms with Crippen molar-refractivity contribution < 1.29 is 9.53 Å². The maximum absolute atomic E-state index is 12.1. The first-order valence-electron chi connectivity index (χ1n) is 6.07. The van der Waals surface area contributed by atoms with Crippen LogP contribution >= 0.6 is 0 Å². The highest BCUT2D eigenvalue weighted by atomic mass is 16.5. The van der Waals surface area contributed by atoms with E-state index in [0.29, 0.717) is 5.57 Å². The van der Waals surface area contributed by atoms with Gasteiger partial charge in [-0.1, -0.05) is 55.1 Å². The molecule has 0 aliphatic rings. The van der Waals surface area contributed by atoms with Crippen LogP contribution in [0.1, 0.15) is 11.1 Å². The molecule has 0 heterocycles. The lowest BCUT2D eigenvalue weighted by Crippen LogP contribution is -2.29. The van der Waals surface area contributed by atoms with Gasteiger partial charge in [0.05, 0.1) is 12.7 Å². The Kier molecular flexibility index (Phi) is 3.81. The number of hydrogen-bond donors (Lipinski definition) is 0. The standard InChI is InChI=1S/C17H16O2/c1-12-8-4-6-10-14(12)16(17(18)19-3)15-11-7-5-9-13(15)2/h4-11H,1H2,2-3H3/b16-14+. The molecule has 19 heavy (non-hydrogen) atoms. The van der Waals surface area contributed by atoms with Crippen LogP contribution in [0.5, 0.6) is 0 Å². The van der Waals surface area contributed by atoms with Crippen molar-refractivity contribution in [2.45, 2.75) is 6.92 Å². The van der Waals surface area contributed by atoms with Gasteiger partial charge in [-0.05, 0) is 28.5 Å². The number of rotatable bonds is 2. The normalized spacial score (nSPS) is 11.9. The number of carbonyl (C=O) groups is 1. The zero-order chi connectivity index (χ0) is 13.8. The van der Waals surface area contributed by atoms with E-state index in [4.69, 9.17) is 4.74 Å². The summed E-state index contributed by atoms with van der Waals surface area (Å²) >= 11 is 0. The SMILES string of the molecule is C=c1cccc/c1=C(\C(=O)OC)c1ccccc1C. The Labute approximate surface area is 112 Å². The number of benzene rings is 2. The van der Waals surface area contributed by atoms with E-state index in [0.717, 1.165) is 21.6 Å². The third kappa shape index (κ3) is 2.58. The van der Waals surface area contributed by atoms with E-state index in [1.165, 1.54) is 7.11 Å². The van der Waals surface area contributed by atoms with Crippen molar-refractivity contribution in [3.8, 4) is 0 Å². The molecule has 2 rings (SSSR count). The molecule has 0 aliphatic heterocycles. The molecule has 96 valence electrons. The quantitative estimate of drug-likeness (QED) is 0.762. The fourth-order valence-corrected chi connectivity index (χ4v) is 2.08. The second kappa shape index (κ2) is 5.53. The largest absolute Gasteiger partial charge is 0.465 e. The molecule has 0 aromatic heterocycles. The van der Waals surface area contributed by atoms with E-state index in [-0.39, 0.29) is 5.97 Å². The Bertz CT molecular complexity index is 714. The lowest BCUT2D eigenvalue weighted by molar-refractivity contribution is -0.133. The molecule has 0 N–H and O–H groups in total. The second-order valence-electron chi connectivity index (χ2n) is 4.34. The number of aryl methyl sites for hydroxylation is 1. The lowest BCUT2D eigenvalue weighted by atomic mass is 9.98. The minimum absolute atomic E-state index is 0.342. The Hall–Kier alpha value is -2.35. The van der Waals surface area contributed by atoms with Crippen molar-refractivity contribution >= 4 is 18.1 Å². The summed E-state index contributed by atoms with van der Waals surface area (Å²) in [7, 11) is 1.40. The highest BCUT2D eigenvalue weighted by molar-refractivity contribution is 6.16. The number of methoxy groups -OCH3 is 1. The van der Waals surface area contributed by atoms with Crippen LogP contribution in [0.2, 0.25) is 0 Å². The summed E-state index contributed by atoms with van der Waals surface area (Å²) in [6.45, 7) is 5.96. The van der Waals surface area contributed by atoms with Crippen LogP contribution < -0.4 is 10.4 Å². The van der Waals surface area contributed by atoms with Gasteiger partial charge in [0.1, 0.15) is 0 Å². The minimum atomic E-state index is -0.342. The maximum Gasteiger partial charge on any atom is 0.339 e. The zero-order valence-electron chi connectivity index (χ0n) is 11.1. The van der Waals surface area contributed by atoms with Crippen LogP contribution in [-0.4, -0.2) is 13.1 Å². The smallest absolute Gasteiger partial charge is 0.339 e. The molecule has 0 unspecified atom stereocenters. The van der Waals surface area contributed by atoms with Gasteiger partial charge in [-0.3, -0.25) is 0 Å². The number of ether oxygens (including phenoxy) is 1. The predicted octanol–water partition coefficient (Wildman–Crippen LogP) is 1.78. The van der Waals surface area contributed by atoms with E-state index in [9.17, 15) is 4.79 Å². The van der Waals surface area contributed by atoms with Crippen LogP contribution in [0.4, 0.5) is 0 Å². The van der Waals surface area contributed by atoms with E-state index in [1.54, 1.807) is 0 Å². The van der Waals surface area contributed by atoms with E-state index in [2.05, 4.69) is 6.58 Å². The first kappa shape index (κ1) is 13.1. The van der Waals surface area contributed by atoms with Gasteiger partial charge in [0, 0.05) is 0 Å². The highest BCUT2D eigenvalue weighted by Crippen LogP contribution is 2.17. The van der Waals surface area contributed by atoms with Crippen LogP contribution in [-0.2, 0) is 9.53 Å². The summed E-state index contributed by atoms with van der Waals surface area (Å²) in [5.41, 5.74) is 2.47. The summed E-state index contributed by atoms with van der Waals surface area (Å²) in [4.78, 5) is 12.1. The third-order valence-electron chi connectivity index (χ3n) is 3.09. The van der Waals surface area contributed by atoms with Gasteiger partial charge in [-0.15, -0.1) is 0 Å². The molecule has 0 fully saturated rings. The molecule has 2 nitrogen and oxygen atoms in total. The Morgan fingerprint density at radius 3 is 2.32 bits per heavy atom. The molecule has 0 saturated carbocycles. The first-order valence-corrected chi connectivity index (χ1v) is 6.07. The average Bonchev–Trinajstić information content (AvgIpc) is 2.43. The third-order valence-corrected chi connectivity index (χ3v) is 3.09. The molecule has 0 atom stereocenters. The molecule has 2 aromatic carbocycles. The Morgan fingerprint density at radius 2 is 1.68 bits per heavy atom. The molecular formula is C17H16O2. The molecule has 0 bridgehead atoms. The summed E-state index contributed by atoms with van der Waals surface area (Å²) in [5, 5.41) is 1.62. The van der Waals surface area contributed by atoms with E-state index >= 15 is 0 Å². The average molecular weight is 252 g/mol. The van der Waals surface area contributed by atoms with E-state index < -0.39 is 0 Å². The Morgan fingerprint density at radius 1 is 1.05 bits per heavy atom. The molecule has 0 radical (unpaired) electrons. The number of esters is 1. The molecular weight excluding hydrogens is 236 g/mol. The van der Waals surface area contributed by atoms with Gasteiger partial charge in [0.15, 0.2) is 0 Å². The second-order valence-corrected chi connectivity index (χ2v) is 4.34. The van der Waals surface area contributed by atoms with Crippen molar-refractivity contribution in [2.75, 3.05) is 7.11 Å². The first-order chi connectivity index (χ1) is 9.15. The van der Waals surface area contributed by atoms with Gasteiger partial charge in [-0.2, -0.15) is 0 Å². The zero-order valence-corrected chi connectivity index (χ0v) is 11.1. The van der Waals surface area contributed by atoms with Crippen molar-refractivity contribution in [1.29, 1.82) is 0 Å². The van der Waals surface area contributed by atoms with Crippen molar-refractivity contribution in [3.05, 3.63) is 70.1 Å².